The molecule has 1 heterocycles. The summed E-state index contributed by atoms with van der Waals surface area (Å²) in [6, 6.07) is 0. The van der Waals surface area contributed by atoms with E-state index in [2.05, 4.69) is 13.8 Å². The average molecular weight is 518 g/mol. The molecule has 0 aromatic carbocycles. The van der Waals surface area contributed by atoms with Crippen molar-refractivity contribution in [1.29, 1.82) is 0 Å². The Morgan fingerprint density at radius 3 is 1.58 bits per heavy atom. The first-order chi connectivity index (χ1) is 17.9. The van der Waals surface area contributed by atoms with Crippen molar-refractivity contribution in [3.05, 3.63) is 0 Å². The summed E-state index contributed by atoms with van der Waals surface area (Å²) in [6.45, 7) is 4.31. The molecular weight excluding hydrogens is 456 g/mol. The Labute approximate surface area is 223 Å². The van der Waals surface area contributed by atoms with Gasteiger partial charge in [0.2, 0.25) is 0 Å². The molecule has 1 fully saturated rings. The monoisotopic (exact) mass is 517 g/mol. The minimum Gasteiger partial charge on any atom is -0.394 e. The lowest BCUT2D eigenvalue weighted by molar-refractivity contribution is -0.366. The topological polar surface area (TPSA) is 99.4 Å². The van der Waals surface area contributed by atoms with Gasteiger partial charge in [0.1, 0.15) is 24.4 Å². The van der Waals surface area contributed by atoms with Crippen molar-refractivity contribution in [2.75, 3.05) is 13.2 Å². The lowest BCUT2D eigenvalue weighted by Gasteiger charge is -2.48. The van der Waals surface area contributed by atoms with Crippen LogP contribution in [0.5, 0.6) is 0 Å². The molecule has 6 atom stereocenters. The Kier molecular flexibility index (Phi) is 19.2. The van der Waals surface area contributed by atoms with Gasteiger partial charge >= 0.3 is 0 Å². The molecule has 1 saturated heterocycles. The highest BCUT2D eigenvalue weighted by molar-refractivity contribution is 4.97. The van der Waals surface area contributed by atoms with Crippen LogP contribution in [0.2, 0.25) is 0 Å². The van der Waals surface area contributed by atoms with Crippen LogP contribution in [0, 0.1) is 0 Å². The summed E-state index contributed by atoms with van der Waals surface area (Å²) >= 11 is 0. The minimum atomic E-state index is -1.59. The van der Waals surface area contributed by atoms with E-state index in [4.69, 9.17) is 10.8 Å². The van der Waals surface area contributed by atoms with Gasteiger partial charge in [0.25, 0.3) is 0 Å². The van der Waals surface area contributed by atoms with Gasteiger partial charge in [-0.2, -0.15) is 0 Å². The number of rotatable bonds is 24. The zero-order chi connectivity index (χ0) is 27.4. The second kappa shape index (κ2) is 21.7. The van der Waals surface area contributed by atoms with Crippen LogP contribution in [-0.4, -0.2) is 63.8 Å². The number of aliphatic hydroxyl groups excluding tert-OH is 4. The van der Waals surface area contributed by atoms with E-state index in [-0.39, 0.29) is 6.42 Å². The fourth-order valence-corrected chi connectivity index (χ4v) is 5.12. The fourth-order valence-electron chi connectivity index (χ4n) is 5.12. The fraction of sp³-hybridized carbons (Fsp3) is 1.00. The van der Waals surface area contributed by atoms with Crippen molar-refractivity contribution < 1.29 is 31.3 Å². The molecule has 2 unspecified atom stereocenters. The van der Waals surface area contributed by atoms with E-state index in [1.807, 2.05) is 0 Å². The Morgan fingerprint density at radius 1 is 0.667 bits per heavy atom. The number of ether oxygens (including phenoxy) is 2. The molecule has 0 bridgehead atoms. The molecule has 1 aliphatic rings. The summed E-state index contributed by atoms with van der Waals surface area (Å²) in [6.07, 6.45) is 16.3. The second-order valence-corrected chi connectivity index (χ2v) is 10.9. The third-order valence-corrected chi connectivity index (χ3v) is 7.57. The van der Waals surface area contributed by atoms with Crippen LogP contribution in [0.25, 0.3) is 0 Å². The molecule has 4 N–H and O–H groups in total. The summed E-state index contributed by atoms with van der Waals surface area (Å²) in [5, 5.41) is 41.2. The van der Waals surface area contributed by atoms with Gasteiger partial charge in [-0.15, -0.1) is 0 Å². The summed E-state index contributed by atoms with van der Waals surface area (Å²) < 4.78 is 20.6. The SMILES string of the molecule is [2H]C(CCCCCCCCCC)CC1(OCCCCCCCCCCCC)O[C@H](CO)[C@@H](O)[C@H](O)[C@H]1O. The molecule has 0 spiro atoms. The molecule has 1 aliphatic heterocycles. The Hall–Kier alpha value is -0.240. The highest BCUT2D eigenvalue weighted by Crippen LogP contribution is 2.36. The van der Waals surface area contributed by atoms with Gasteiger partial charge in [0.15, 0.2) is 5.79 Å². The number of hydrogen-bond donors (Lipinski definition) is 4. The van der Waals surface area contributed by atoms with E-state index in [1.54, 1.807) is 0 Å². The van der Waals surface area contributed by atoms with Crippen molar-refractivity contribution in [3.8, 4) is 0 Å². The first-order valence-corrected chi connectivity index (χ1v) is 15.3. The van der Waals surface area contributed by atoms with E-state index in [0.717, 1.165) is 32.1 Å². The molecule has 1 rings (SSSR count). The minimum absolute atomic E-state index is 0.0999. The molecule has 6 heteroatoms. The maximum Gasteiger partial charge on any atom is 0.197 e. The highest BCUT2D eigenvalue weighted by atomic mass is 16.7. The number of aliphatic hydroxyl groups is 4. The van der Waals surface area contributed by atoms with Gasteiger partial charge in [-0.05, 0) is 12.8 Å². The molecular formula is C30H60O6. The smallest absolute Gasteiger partial charge is 0.197 e. The predicted molar refractivity (Wildman–Crippen MR) is 147 cm³/mol. The second-order valence-electron chi connectivity index (χ2n) is 10.9. The zero-order valence-electron chi connectivity index (χ0n) is 24.5. The van der Waals surface area contributed by atoms with Crippen LogP contribution in [-0.2, 0) is 9.47 Å². The van der Waals surface area contributed by atoms with E-state index < -0.39 is 43.2 Å². The van der Waals surface area contributed by atoms with Crippen LogP contribution in [0.3, 0.4) is 0 Å². The maximum atomic E-state index is 10.9. The standard InChI is InChI=1S/C30H60O6/c1-3-5-7-9-11-13-15-17-19-21-23-30(29(34)28(33)27(32)26(25-31)36-30)35-24-22-20-18-16-14-12-10-8-6-4-2/h26-29,31-34H,3-25H2,1-2H3/t26-,27-,28+,29-,30?/m1/s1/i21D/t21?,26-,27-,28+,29-,30?. The number of unbranched alkanes of at least 4 members (excludes halogenated alkanes) is 16. The van der Waals surface area contributed by atoms with Crippen molar-refractivity contribution in [1.82, 2.24) is 0 Å². The van der Waals surface area contributed by atoms with Crippen molar-refractivity contribution >= 4 is 0 Å². The van der Waals surface area contributed by atoms with Gasteiger partial charge < -0.3 is 29.9 Å². The highest BCUT2D eigenvalue weighted by Gasteiger charge is 2.53. The molecule has 0 aromatic heterocycles. The third-order valence-electron chi connectivity index (χ3n) is 7.57. The van der Waals surface area contributed by atoms with Crippen LogP contribution in [0.15, 0.2) is 0 Å². The summed E-state index contributed by atoms with van der Waals surface area (Å²) in [7, 11) is 0. The lowest BCUT2D eigenvalue weighted by atomic mass is 9.89. The average Bonchev–Trinajstić information content (AvgIpc) is 2.89. The van der Waals surface area contributed by atoms with Crippen LogP contribution < -0.4 is 0 Å². The summed E-state index contributed by atoms with van der Waals surface area (Å²) in [4.78, 5) is 0. The van der Waals surface area contributed by atoms with Gasteiger partial charge in [-0.1, -0.05) is 129 Å². The predicted octanol–water partition coefficient (Wildman–Crippen LogP) is 6.41. The molecule has 6 nitrogen and oxygen atoms in total. The van der Waals surface area contributed by atoms with Crippen molar-refractivity contribution in [2.45, 2.75) is 179 Å². The van der Waals surface area contributed by atoms with Crippen molar-refractivity contribution in [2.24, 2.45) is 0 Å². The normalized spacial score (nSPS) is 27.8. The third kappa shape index (κ3) is 13.5. The lowest BCUT2D eigenvalue weighted by Crippen LogP contribution is -2.66. The van der Waals surface area contributed by atoms with Gasteiger partial charge in [0, 0.05) is 7.79 Å². The summed E-state index contributed by atoms with van der Waals surface area (Å²) in [5.74, 6) is -1.59. The first kappa shape index (κ1) is 32.0. The maximum absolute atomic E-state index is 10.9. The molecule has 0 aromatic rings. The van der Waals surface area contributed by atoms with Gasteiger partial charge in [0.05, 0.1) is 13.2 Å². The molecule has 0 amide bonds. The Balaban J connectivity index is 2.48. The zero-order valence-corrected chi connectivity index (χ0v) is 23.5. The van der Waals surface area contributed by atoms with Crippen LogP contribution >= 0.6 is 0 Å². The summed E-state index contributed by atoms with van der Waals surface area (Å²) in [5.41, 5.74) is 0. The van der Waals surface area contributed by atoms with E-state index in [0.29, 0.717) is 13.0 Å². The number of hydrogen-bond acceptors (Lipinski definition) is 6. The van der Waals surface area contributed by atoms with E-state index in [1.165, 1.54) is 83.5 Å². The molecule has 0 radical (unpaired) electrons. The molecule has 216 valence electrons. The largest absolute Gasteiger partial charge is 0.394 e. The van der Waals surface area contributed by atoms with Gasteiger partial charge in [-0.3, -0.25) is 0 Å². The first-order valence-electron chi connectivity index (χ1n) is 15.9. The molecule has 0 aliphatic carbocycles. The van der Waals surface area contributed by atoms with E-state index >= 15 is 0 Å². The Morgan fingerprint density at radius 2 is 1.11 bits per heavy atom. The van der Waals surface area contributed by atoms with Crippen LogP contribution in [0.1, 0.15) is 150 Å². The molecule has 0 saturated carbocycles. The quantitative estimate of drug-likeness (QED) is 0.111. The Bertz CT molecular complexity index is 522. The van der Waals surface area contributed by atoms with Crippen LogP contribution in [0.4, 0.5) is 0 Å². The molecule has 36 heavy (non-hydrogen) atoms. The van der Waals surface area contributed by atoms with Crippen molar-refractivity contribution in [3.63, 3.8) is 0 Å². The van der Waals surface area contributed by atoms with Gasteiger partial charge in [-0.25, -0.2) is 0 Å². The van der Waals surface area contributed by atoms with E-state index in [9.17, 15) is 20.4 Å².